The number of rotatable bonds is 5. The first-order chi connectivity index (χ1) is 15.1. The van der Waals surface area contributed by atoms with Crippen LogP contribution in [0, 0.1) is 11.8 Å². The molecule has 31 heavy (non-hydrogen) atoms. The van der Waals surface area contributed by atoms with Gasteiger partial charge in [-0.05, 0) is 59.9 Å². The molecule has 0 radical (unpaired) electrons. The first kappa shape index (κ1) is 18.4. The van der Waals surface area contributed by atoms with Gasteiger partial charge in [-0.15, -0.1) is 0 Å². The number of amides is 1. The number of carbonyl (C=O) groups excluding carboxylic acids is 1. The van der Waals surface area contributed by atoms with Gasteiger partial charge >= 0.3 is 0 Å². The van der Waals surface area contributed by atoms with Gasteiger partial charge < -0.3 is 16.0 Å². The molecule has 4 heterocycles. The molecule has 2 fully saturated rings. The zero-order chi connectivity index (χ0) is 20.9. The lowest BCUT2D eigenvalue weighted by molar-refractivity contribution is 0.0936. The van der Waals surface area contributed by atoms with E-state index in [-0.39, 0.29) is 11.9 Å². The van der Waals surface area contributed by atoms with E-state index in [0.717, 1.165) is 60.3 Å². The number of piperidine rings is 1. The van der Waals surface area contributed by atoms with Gasteiger partial charge in [-0.25, -0.2) is 9.97 Å². The molecule has 3 aromatic heterocycles. The maximum atomic E-state index is 12.8. The average Bonchev–Trinajstić information content (AvgIpc) is 3.16. The molecule has 3 atom stereocenters. The molecule has 8 heteroatoms. The van der Waals surface area contributed by atoms with E-state index < -0.39 is 0 Å². The molecule has 0 spiro atoms. The van der Waals surface area contributed by atoms with Crippen LogP contribution in [0.1, 0.15) is 45.9 Å². The Morgan fingerprint density at radius 2 is 2.03 bits per heavy atom. The number of anilines is 2. The van der Waals surface area contributed by atoms with Crippen LogP contribution in [-0.2, 0) is 13.0 Å². The molecule has 1 aliphatic heterocycles. The number of nitrogen functional groups attached to an aromatic ring is 1. The summed E-state index contributed by atoms with van der Waals surface area (Å²) in [4.78, 5) is 23.9. The zero-order valence-corrected chi connectivity index (χ0v) is 17.2. The van der Waals surface area contributed by atoms with E-state index in [0.29, 0.717) is 17.9 Å². The minimum atomic E-state index is -0.124. The maximum absolute atomic E-state index is 12.8. The predicted octanol–water partition coefficient (Wildman–Crippen LogP) is 2.18. The normalized spacial score (nSPS) is 23.5. The summed E-state index contributed by atoms with van der Waals surface area (Å²) < 4.78 is 1.78. The highest BCUT2D eigenvalue weighted by molar-refractivity contribution is 5.94. The van der Waals surface area contributed by atoms with Crippen LogP contribution in [0.5, 0.6) is 0 Å². The average molecular weight is 416 g/mol. The topological polar surface area (TPSA) is 102 Å². The Hall–Kier alpha value is -3.42. The number of nitrogens with one attached hydrogen (secondary N) is 1. The summed E-state index contributed by atoms with van der Waals surface area (Å²) in [6.07, 6.45) is 10.1. The predicted molar refractivity (Wildman–Crippen MR) is 117 cm³/mol. The number of nitrogens with zero attached hydrogens (tertiary/aromatic N) is 5. The molecule has 0 bridgehead atoms. The number of pyridine rings is 2. The van der Waals surface area contributed by atoms with Crippen LogP contribution in [-0.4, -0.2) is 38.7 Å². The van der Waals surface area contributed by atoms with Crippen LogP contribution < -0.4 is 16.0 Å². The molecule has 3 unspecified atom stereocenters. The fourth-order valence-electron chi connectivity index (χ4n) is 5.00. The van der Waals surface area contributed by atoms with Crippen molar-refractivity contribution in [2.45, 2.75) is 31.8 Å². The quantitative estimate of drug-likeness (QED) is 0.662. The van der Waals surface area contributed by atoms with Crippen LogP contribution >= 0.6 is 0 Å². The van der Waals surface area contributed by atoms with Crippen LogP contribution in [0.25, 0.3) is 0 Å². The van der Waals surface area contributed by atoms with Crippen molar-refractivity contribution in [2.24, 2.45) is 11.8 Å². The van der Waals surface area contributed by atoms with E-state index in [1.807, 2.05) is 12.3 Å². The summed E-state index contributed by atoms with van der Waals surface area (Å²) in [6.45, 7) is 2.87. The molecule has 158 valence electrons. The third-order valence-electron chi connectivity index (χ3n) is 6.84. The van der Waals surface area contributed by atoms with Crippen molar-refractivity contribution in [3.8, 4) is 0 Å². The Labute approximate surface area is 180 Å². The third-order valence-corrected chi connectivity index (χ3v) is 6.84. The zero-order valence-electron chi connectivity index (χ0n) is 17.2. The van der Waals surface area contributed by atoms with Gasteiger partial charge in [0.25, 0.3) is 5.91 Å². The van der Waals surface area contributed by atoms with Gasteiger partial charge in [-0.1, -0.05) is 6.07 Å². The molecular weight excluding hydrogens is 390 g/mol. The van der Waals surface area contributed by atoms with Crippen molar-refractivity contribution >= 4 is 17.5 Å². The van der Waals surface area contributed by atoms with E-state index in [2.05, 4.69) is 37.4 Å². The fraction of sp³-hybridized carbons (Fsp3) is 0.391. The van der Waals surface area contributed by atoms with Gasteiger partial charge in [0.2, 0.25) is 0 Å². The molecule has 1 saturated carbocycles. The van der Waals surface area contributed by atoms with E-state index in [9.17, 15) is 4.79 Å². The highest BCUT2D eigenvalue weighted by atomic mass is 16.1. The number of hydrogen-bond acceptors (Lipinski definition) is 6. The Balaban J connectivity index is 1.09. The van der Waals surface area contributed by atoms with Crippen molar-refractivity contribution in [3.63, 3.8) is 0 Å². The summed E-state index contributed by atoms with van der Waals surface area (Å²) in [5.74, 6) is 3.27. The van der Waals surface area contributed by atoms with Gasteiger partial charge in [0.15, 0.2) is 0 Å². The molecule has 1 saturated heterocycles. The fourth-order valence-corrected chi connectivity index (χ4v) is 5.00. The second-order valence-corrected chi connectivity index (χ2v) is 8.94. The van der Waals surface area contributed by atoms with Gasteiger partial charge in [-0.2, -0.15) is 5.10 Å². The first-order valence-corrected chi connectivity index (χ1v) is 10.9. The number of hydrogen-bond donors (Lipinski definition) is 2. The first-order valence-electron chi connectivity index (χ1n) is 10.9. The number of nitrogens with two attached hydrogens (primary N) is 1. The Kier molecular flexibility index (Phi) is 4.19. The van der Waals surface area contributed by atoms with E-state index >= 15 is 0 Å². The SMILES string of the molecule is Nc1nccc2c1CCC2NC(=O)c1cnn(Cc2ccc(N3CC4CC4C3)nc2)c1. The molecule has 1 amide bonds. The van der Waals surface area contributed by atoms with Gasteiger partial charge in [0, 0.05) is 31.7 Å². The lowest BCUT2D eigenvalue weighted by atomic mass is 10.1. The highest BCUT2D eigenvalue weighted by Gasteiger charge is 2.45. The van der Waals surface area contributed by atoms with Crippen LogP contribution in [0.4, 0.5) is 11.6 Å². The monoisotopic (exact) mass is 415 g/mol. The summed E-state index contributed by atoms with van der Waals surface area (Å²) in [5.41, 5.74) is 9.69. The number of fused-ring (bicyclic) bond motifs is 2. The van der Waals surface area contributed by atoms with Gasteiger partial charge in [-0.3, -0.25) is 9.48 Å². The number of carbonyl (C=O) groups is 1. The molecule has 2 aliphatic carbocycles. The second kappa shape index (κ2) is 7.08. The third kappa shape index (κ3) is 3.41. The summed E-state index contributed by atoms with van der Waals surface area (Å²) >= 11 is 0. The molecule has 6 rings (SSSR count). The minimum absolute atomic E-state index is 0.0375. The molecule has 0 aromatic carbocycles. The van der Waals surface area contributed by atoms with Crippen LogP contribution in [0.15, 0.2) is 43.0 Å². The van der Waals surface area contributed by atoms with E-state index in [4.69, 9.17) is 5.73 Å². The molecule has 8 nitrogen and oxygen atoms in total. The molecule has 3 aromatic rings. The van der Waals surface area contributed by atoms with Gasteiger partial charge in [0.05, 0.1) is 24.3 Å². The van der Waals surface area contributed by atoms with Crippen molar-refractivity contribution < 1.29 is 4.79 Å². The van der Waals surface area contributed by atoms with E-state index in [1.165, 1.54) is 6.42 Å². The maximum Gasteiger partial charge on any atom is 0.254 e. The minimum Gasteiger partial charge on any atom is -0.383 e. The Bertz CT molecular complexity index is 1130. The smallest absolute Gasteiger partial charge is 0.254 e. The summed E-state index contributed by atoms with van der Waals surface area (Å²) in [7, 11) is 0. The van der Waals surface area contributed by atoms with Crippen molar-refractivity contribution in [1.82, 2.24) is 25.1 Å². The largest absolute Gasteiger partial charge is 0.383 e. The van der Waals surface area contributed by atoms with Crippen LogP contribution in [0.2, 0.25) is 0 Å². The Morgan fingerprint density at radius 3 is 2.84 bits per heavy atom. The van der Waals surface area contributed by atoms with Gasteiger partial charge in [0.1, 0.15) is 11.6 Å². The lowest BCUT2D eigenvalue weighted by Crippen LogP contribution is -2.26. The van der Waals surface area contributed by atoms with Crippen molar-refractivity contribution in [3.05, 3.63) is 65.2 Å². The lowest BCUT2D eigenvalue weighted by Gasteiger charge is -2.18. The second-order valence-electron chi connectivity index (χ2n) is 8.94. The highest BCUT2D eigenvalue weighted by Crippen LogP contribution is 2.45. The van der Waals surface area contributed by atoms with Crippen LogP contribution in [0.3, 0.4) is 0 Å². The summed E-state index contributed by atoms with van der Waals surface area (Å²) in [6, 6.07) is 6.09. The standard InChI is InChI=1S/C23H25N7O/c24-22-19-2-3-20(18(19)5-6-25-22)28-23(31)17-9-27-30(13-17)10-14-1-4-21(26-8-14)29-11-15-7-16(15)12-29/h1,4-6,8-9,13,15-16,20H,2-3,7,10-12H2,(H2,24,25)(H,28,31). The molecule has 3 N–H and O–H groups in total. The molecule has 3 aliphatic rings. The summed E-state index contributed by atoms with van der Waals surface area (Å²) in [5, 5.41) is 7.48. The molecular formula is C23H25N7O. The Morgan fingerprint density at radius 1 is 1.16 bits per heavy atom. The van der Waals surface area contributed by atoms with Crippen molar-refractivity contribution in [1.29, 1.82) is 0 Å². The van der Waals surface area contributed by atoms with Crippen molar-refractivity contribution in [2.75, 3.05) is 23.7 Å². The van der Waals surface area contributed by atoms with E-state index in [1.54, 1.807) is 23.3 Å². The number of aromatic nitrogens is 4.